The summed E-state index contributed by atoms with van der Waals surface area (Å²) in [4.78, 5) is 35.0. The number of ether oxygens (including phenoxy) is 2. The summed E-state index contributed by atoms with van der Waals surface area (Å²) in [6.45, 7) is 3.63. The second kappa shape index (κ2) is 57.5. The van der Waals surface area contributed by atoms with Crippen LogP contribution in [-0.4, -0.2) is 49.3 Å². The fourth-order valence-electron chi connectivity index (χ4n) is 9.07. The van der Waals surface area contributed by atoms with Crippen LogP contribution in [0.3, 0.4) is 0 Å². The molecule has 0 rings (SSSR count). The minimum absolute atomic E-state index is 0.0491. The first-order valence-electron chi connectivity index (χ1n) is 30.5. The highest BCUT2D eigenvalue weighted by atomic mass is 31.2. The number of esters is 2. The Balaban J connectivity index is 3.72. The maximum Gasteiger partial charge on any atom is 0.472 e. The molecule has 3 N–H and O–H groups in total. The van der Waals surface area contributed by atoms with Gasteiger partial charge in [0.1, 0.15) is 6.61 Å². The van der Waals surface area contributed by atoms with Crippen molar-refractivity contribution in [3.8, 4) is 0 Å². The van der Waals surface area contributed by atoms with E-state index in [-0.39, 0.29) is 38.6 Å². The molecule has 0 aliphatic carbocycles. The van der Waals surface area contributed by atoms with Crippen LogP contribution >= 0.6 is 7.82 Å². The molecule has 0 fully saturated rings. The van der Waals surface area contributed by atoms with Crippen LogP contribution in [-0.2, 0) is 32.7 Å². The van der Waals surface area contributed by atoms with E-state index in [1.165, 1.54) is 218 Å². The van der Waals surface area contributed by atoms with Gasteiger partial charge in [-0.1, -0.05) is 288 Å². The normalized spacial score (nSPS) is 13.2. The number of phosphoric ester groups is 1. The van der Waals surface area contributed by atoms with Gasteiger partial charge in [-0.25, -0.2) is 4.57 Å². The Labute approximate surface area is 439 Å². The van der Waals surface area contributed by atoms with Crippen LogP contribution in [0.4, 0.5) is 0 Å². The van der Waals surface area contributed by atoms with E-state index in [1.807, 2.05) is 0 Å². The summed E-state index contributed by atoms with van der Waals surface area (Å²) in [5, 5.41) is 0. The van der Waals surface area contributed by atoms with Crippen molar-refractivity contribution in [3.63, 3.8) is 0 Å². The van der Waals surface area contributed by atoms with E-state index in [1.54, 1.807) is 0 Å². The van der Waals surface area contributed by atoms with Crippen molar-refractivity contribution in [2.45, 2.75) is 315 Å². The largest absolute Gasteiger partial charge is 0.472 e. The molecule has 0 aromatic carbocycles. The standard InChI is InChI=1S/C61H116NO8P/c1-3-5-7-9-11-13-15-17-18-19-20-21-22-23-24-25-26-27-28-29-30-31-32-33-34-35-36-37-38-39-40-42-43-45-47-49-51-53-60(63)67-57-59(58-69-71(65,66)68-56-55-62)70-61(64)54-52-50-48-46-44-41-16-14-12-10-8-6-4-2/h6,8,12,14,41,44,59H,3-5,7,9-11,13,15-40,42-43,45-58,62H2,1-2H3,(H,65,66)/b8-6-,14-12-,44-41-. The van der Waals surface area contributed by atoms with Crippen LogP contribution in [0.5, 0.6) is 0 Å². The van der Waals surface area contributed by atoms with Crippen LogP contribution in [0.15, 0.2) is 36.5 Å². The summed E-state index contributed by atoms with van der Waals surface area (Å²) >= 11 is 0. The lowest BCUT2D eigenvalue weighted by Crippen LogP contribution is -2.29. The molecule has 2 unspecified atom stereocenters. The van der Waals surface area contributed by atoms with Gasteiger partial charge in [0.2, 0.25) is 0 Å². The Morgan fingerprint density at radius 2 is 0.775 bits per heavy atom. The number of rotatable bonds is 58. The SMILES string of the molecule is CC/C=C\C/C=C\C/C=C\CCCCCC(=O)OC(COC(=O)CCCCCCCCCCCCCCCCCCCCCCCCCCCCCCCCCCCCCCC)COP(=O)(O)OCCN. The second-order valence-electron chi connectivity index (χ2n) is 20.6. The Hall–Kier alpha value is -1.77. The van der Waals surface area contributed by atoms with Crippen LogP contribution in [0.2, 0.25) is 0 Å². The molecule has 10 heteroatoms. The van der Waals surface area contributed by atoms with E-state index < -0.39 is 26.5 Å². The Morgan fingerprint density at radius 3 is 1.15 bits per heavy atom. The highest BCUT2D eigenvalue weighted by Gasteiger charge is 2.26. The van der Waals surface area contributed by atoms with Gasteiger partial charge in [-0.3, -0.25) is 18.6 Å². The first-order chi connectivity index (χ1) is 34.8. The summed E-state index contributed by atoms with van der Waals surface area (Å²) < 4.78 is 32.9. The fraction of sp³-hybridized carbons (Fsp3) is 0.869. The number of unbranched alkanes of at least 4 members (excludes halogenated alkanes) is 39. The third-order valence-electron chi connectivity index (χ3n) is 13.5. The van der Waals surface area contributed by atoms with Crippen molar-refractivity contribution in [1.29, 1.82) is 0 Å². The predicted octanol–water partition coefficient (Wildman–Crippen LogP) is 19.2. The molecule has 0 bridgehead atoms. The first kappa shape index (κ1) is 69.2. The lowest BCUT2D eigenvalue weighted by molar-refractivity contribution is -0.161. The molecule has 0 aliphatic rings. The number of nitrogens with two attached hydrogens (primary N) is 1. The number of hydrogen-bond donors (Lipinski definition) is 2. The van der Waals surface area contributed by atoms with Crippen molar-refractivity contribution >= 4 is 19.8 Å². The van der Waals surface area contributed by atoms with Crippen molar-refractivity contribution in [3.05, 3.63) is 36.5 Å². The van der Waals surface area contributed by atoms with Gasteiger partial charge < -0.3 is 20.1 Å². The van der Waals surface area contributed by atoms with Crippen LogP contribution < -0.4 is 5.73 Å². The maximum atomic E-state index is 12.6. The van der Waals surface area contributed by atoms with Crippen molar-refractivity contribution in [1.82, 2.24) is 0 Å². The summed E-state index contributed by atoms with van der Waals surface area (Å²) in [6, 6.07) is 0. The smallest absolute Gasteiger partial charge is 0.462 e. The quantitative estimate of drug-likeness (QED) is 0.0264. The highest BCUT2D eigenvalue weighted by Crippen LogP contribution is 2.43. The summed E-state index contributed by atoms with van der Waals surface area (Å²) in [5.74, 6) is -0.851. The molecule has 71 heavy (non-hydrogen) atoms. The molecule has 0 saturated heterocycles. The highest BCUT2D eigenvalue weighted by molar-refractivity contribution is 7.47. The molecule has 9 nitrogen and oxygen atoms in total. The fourth-order valence-corrected chi connectivity index (χ4v) is 9.83. The zero-order valence-electron chi connectivity index (χ0n) is 46.7. The van der Waals surface area contributed by atoms with E-state index in [0.29, 0.717) is 6.42 Å². The minimum atomic E-state index is -4.39. The molecule has 0 heterocycles. The molecule has 2 atom stereocenters. The summed E-state index contributed by atoms with van der Waals surface area (Å²) in [6.07, 6.45) is 69.8. The third-order valence-corrected chi connectivity index (χ3v) is 14.5. The summed E-state index contributed by atoms with van der Waals surface area (Å²) in [7, 11) is -4.39. The van der Waals surface area contributed by atoms with Gasteiger partial charge in [0.25, 0.3) is 0 Å². The lowest BCUT2D eigenvalue weighted by atomic mass is 10.0. The number of carbonyl (C=O) groups excluding carboxylic acids is 2. The van der Waals surface area contributed by atoms with Crippen LogP contribution in [0, 0.1) is 0 Å². The number of phosphoric acid groups is 1. The molecule has 0 aromatic rings. The Morgan fingerprint density at radius 1 is 0.437 bits per heavy atom. The van der Waals surface area contributed by atoms with Gasteiger partial charge in [-0.05, 0) is 44.9 Å². The zero-order chi connectivity index (χ0) is 51.7. The van der Waals surface area contributed by atoms with Crippen LogP contribution in [0.1, 0.15) is 309 Å². The Kier molecular flexibility index (Phi) is 56.1. The molecular weight excluding hydrogens is 906 g/mol. The van der Waals surface area contributed by atoms with Crippen LogP contribution in [0.25, 0.3) is 0 Å². The van der Waals surface area contributed by atoms with Gasteiger partial charge >= 0.3 is 19.8 Å². The number of hydrogen-bond acceptors (Lipinski definition) is 8. The third kappa shape index (κ3) is 57.4. The van der Waals surface area contributed by atoms with Gasteiger partial charge in [0.15, 0.2) is 6.10 Å². The molecule has 0 radical (unpaired) electrons. The summed E-state index contributed by atoms with van der Waals surface area (Å²) in [5.41, 5.74) is 5.37. The molecule has 418 valence electrons. The average Bonchev–Trinajstić information content (AvgIpc) is 3.36. The molecule has 0 amide bonds. The average molecular weight is 1020 g/mol. The molecular formula is C61H116NO8P. The molecule has 0 spiro atoms. The maximum absolute atomic E-state index is 12.6. The van der Waals surface area contributed by atoms with Crippen molar-refractivity contribution in [2.75, 3.05) is 26.4 Å². The zero-order valence-corrected chi connectivity index (χ0v) is 47.6. The molecule has 0 aliphatic heterocycles. The predicted molar refractivity (Wildman–Crippen MR) is 303 cm³/mol. The minimum Gasteiger partial charge on any atom is -0.462 e. The van der Waals surface area contributed by atoms with Gasteiger partial charge in [0, 0.05) is 19.4 Å². The lowest BCUT2D eigenvalue weighted by Gasteiger charge is -2.19. The first-order valence-corrected chi connectivity index (χ1v) is 32.0. The van der Waals surface area contributed by atoms with Gasteiger partial charge in [0.05, 0.1) is 13.2 Å². The molecule has 0 aromatic heterocycles. The molecule has 0 saturated carbocycles. The van der Waals surface area contributed by atoms with E-state index in [4.69, 9.17) is 24.3 Å². The van der Waals surface area contributed by atoms with E-state index in [9.17, 15) is 19.0 Å². The van der Waals surface area contributed by atoms with E-state index >= 15 is 0 Å². The van der Waals surface area contributed by atoms with Gasteiger partial charge in [-0.15, -0.1) is 0 Å². The van der Waals surface area contributed by atoms with Gasteiger partial charge in [-0.2, -0.15) is 0 Å². The number of carbonyl (C=O) groups is 2. The second-order valence-corrected chi connectivity index (χ2v) is 22.0. The number of allylic oxidation sites excluding steroid dienone is 6. The topological polar surface area (TPSA) is 134 Å². The van der Waals surface area contributed by atoms with Crippen molar-refractivity contribution < 1.29 is 37.6 Å². The monoisotopic (exact) mass is 1020 g/mol. The van der Waals surface area contributed by atoms with E-state index in [0.717, 1.165) is 57.8 Å². The van der Waals surface area contributed by atoms with Crippen molar-refractivity contribution in [2.24, 2.45) is 5.73 Å². The Bertz CT molecular complexity index is 1260. The van der Waals surface area contributed by atoms with E-state index in [2.05, 4.69) is 50.3 Å².